The smallest absolute Gasteiger partial charge is 0.248 e. The van der Waals surface area contributed by atoms with Crippen LogP contribution < -0.4 is 10.2 Å². The Morgan fingerprint density at radius 2 is 2.19 bits per heavy atom. The number of carbonyl (C=O) groups excluding carboxylic acids is 1. The zero-order valence-corrected chi connectivity index (χ0v) is 15.9. The summed E-state index contributed by atoms with van der Waals surface area (Å²) in [5.74, 6) is 1.02. The first-order valence-corrected chi connectivity index (χ1v) is 10.2. The minimum atomic E-state index is 0.00979. The number of nitrogens with zero attached hydrogens (tertiary/aromatic N) is 3. The third-order valence-corrected chi connectivity index (χ3v) is 5.39. The highest BCUT2D eigenvalue weighted by Crippen LogP contribution is 2.26. The van der Waals surface area contributed by atoms with Crippen molar-refractivity contribution in [2.24, 2.45) is 0 Å². The maximum Gasteiger partial charge on any atom is 0.248 e. The molecule has 0 radical (unpaired) electrons. The Morgan fingerprint density at radius 3 is 3.07 bits per heavy atom. The van der Waals surface area contributed by atoms with E-state index in [1.165, 1.54) is 11.3 Å². The van der Waals surface area contributed by atoms with Gasteiger partial charge in [-0.1, -0.05) is 18.2 Å². The van der Waals surface area contributed by atoms with Crippen molar-refractivity contribution < 1.29 is 9.21 Å². The molecule has 0 saturated carbocycles. The van der Waals surface area contributed by atoms with Crippen LogP contribution in [0.3, 0.4) is 0 Å². The zero-order chi connectivity index (χ0) is 18.5. The Bertz CT molecular complexity index is 891. The van der Waals surface area contributed by atoms with Crippen LogP contribution in [-0.4, -0.2) is 35.7 Å². The summed E-state index contributed by atoms with van der Waals surface area (Å²) >= 11 is 1.58. The van der Waals surface area contributed by atoms with Crippen LogP contribution in [0.1, 0.15) is 24.3 Å². The molecule has 6 nitrogen and oxygen atoms in total. The number of nitrogens with one attached hydrogen (secondary N) is 1. The summed E-state index contributed by atoms with van der Waals surface area (Å²) in [6.45, 7) is 2.50. The van der Waals surface area contributed by atoms with E-state index >= 15 is 0 Å². The highest BCUT2D eigenvalue weighted by Gasteiger charge is 2.16. The number of aromatic nitrogens is 2. The van der Waals surface area contributed by atoms with E-state index in [9.17, 15) is 4.79 Å². The summed E-state index contributed by atoms with van der Waals surface area (Å²) in [6.07, 6.45) is 3.10. The lowest BCUT2D eigenvalue weighted by Crippen LogP contribution is -2.37. The van der Waals surface area contributed by atoms with Gasteiger partial charge < -0.3 is 14.6 Å². The molecule has 0 bridgehead atoms. The monoisotopic (exact) mass is 382 g/mol. The summed E-state index contributed by atoms with van der Waals surface area (Å²) in [5, 5.41) is 15.0. The number of hydrogen-bond acceptors (Lipinski definition) is 6. The molecule has 140 valence electrons. The Labute approximate surface area is 162 Å². The van der Waals surface area contributed by atoms with Crippen LogP contribution >= 0.6 is 11.3 Å². The van der Waals surface area contributed by atoms with Crippen molar-refractivity contribution in [3.8, 4) is 11.5 Å². The Balaban J connectivity index is 1.22. The summed E-state index contributed by atoms with van der Waals surface area (Å²) in [7, 11) is 0. The number of carbonyl (C=O) groups is 1. The predicted molar refractivity (Wildman–Crippen MR) is 106 cm³/mol. The van der Waals surface area contributed by atoms with Gasteiger partial charge in [-0.3, -0.25) is 4.79 Å². The van der Waals surface area contributed by atoms with E-state index in [2.05, 4.69) is 44.7 Å². The fourth-order valence-electron chi connectivity index (χ4n) is 3.34. The van der Waals surface area contributed by atoms with Crippen molar-refractivity contribution in [1.82, 2.24) is 15.5 Å². The Morgan fingerprint density at radius 1 is 1.26 bits per heavy atom. The van der Waals surface area contributed by atoms with Crippen molar-refractivity contribution in [1.29, 1.82) is 0 Å². The van der Waals surface area contributed by atoms with Gasteiger partial charge in [0.2, 0.25) is 17.7 Å². The first-order chi connectivity index (χ1) is 13.3. The van der Waals surface area contributed by atoms with Crippen molar-refractivity contribution in [2.75, 3.05) is 24.5 Å². The van der Waals surface area contributed by atoms with Crippen molar-refractivity contribution >= 4 is 22.9 Å². The van der Waals surface area contributed by atoms with Gasteiger partial charge in [-0.15, -0.1) is 10.2 Å². The van der Waals surface area contributed by atoms with Crippen LogP contribution in [0, 0.1) is 0 Å². The van der Waals surface area contributed by atoms with Gasteiger partial charge in [0, 0.05) is 49.1 Å². The maximum absolute atomic E-state index is 12.1. The van der Waals surface area contributed by atoms with Crippen molar-refractivity contribution in [2.45, 2.75) is 25.7 Å². The van der Waals surface area contributed by atoms with E-state index in [-0.39, 0.29) is 5.91 Å². The molecule has 1 aliphatic rings. The van der Waals surface area contributed by atoms with Gasteiger partial charge in [-0.05, 0) is 35.9 Å². The van der Waals surface area contributed by atoms with Crippen LogP contribution in [0.5, 0.6) is 0 Å². The van der Waals surface area contributed by atoms with Crippen LogP contribution in [0.4, 0.5) is 5.69 Å². The second-order valence-corrected chi connectivity index (χ2v) is 7.36. The zero-order valence-electron chi connectivity index (χ0n) is 15.1. The third kappa shape index (κ3) is 4.36. The number of hydrogen-bond donors (Lipinski definition) is 1. The molecule has 27 heavy (non-hydrogen) atoms. The first kappa shape index (κ1) is 17.7. The van der Waals surface area contributed by atoms with Gasteiger partial charge in [0.1, 0.15) is 0 Å². The Hall–Kier alpha value is -2.67. The molecule has 0 saturated heterocycles. The highest BCUT2D eigenvalue weighted by molar-refractivity contribution is 7.08. The van der Waals surface area contributed by atoms with Crippen LogP contribution in [-0.2, 0) is 17.6 Å². The van der Waals surface area contributed by atoms with E-state index in [0.29, 0.717) is 31.2 Å². The number of thiophene rings is 1. The molecule has 0 fully saturated rings. The molecule has 4 rings (SSSR count). The van der Waals surface area contributed by atoms with E-state index in [4.69, 9.17) is 4.42 Å². The van der Waals surface area contributed by atoms with Gasteiger partial charge in [-0.25, -0.2) is 0 Å². The van der Waals surface area contributed by atoms with Crippen LogP contribution in [0.15, 0.2) is 45.5 Å². The van der Waals surface area contributed by atoms with Gasteiger partial charge in [0.15, 0.2) is 0 Å². The van der Waals surface area contributed by atoms with Crippen LogP contribution in [0.25, 0.3) is 11.5 Å². The van der Waals surface area contributed by atoms with Gasteiger partial charge in [0.05, 0.1) is 0 Å². The van der Waals surface area contributed by atoms with E-state index in [1.54, 1.807) is 11.3 Å². The fraction of sp³-hybridized carbons (Fsp3) is 0.350. The van der Waals surface area contributed by atoms with Gasteiger partial charge >= 0.3 is 0 Å². The molecule has 3 heterocycles. The lowest BCUT2D eigenvalue weighted by atomic mass is 10.0. The first-order valence-electron chi connectivity index (χ1n) is 9.24. The number of anilines is 1. The number of benzene rings is 1. The lowest BCUT2D eigenvalue weighted by Gasteiger charge is -2.31. The summed E-state index contributed by atoms with van der Waals surface area (Å²) < 4.78 is 5.61. The lowest BCUT2D eigenvalue weighted by molar-refractivity contribution is -0.121. The van der Waals surface area contributed by atoms with E-state index in [0.717, 1.165) is 31.5 Å². The number of fused-ring (bicyclic) bond motifs is 1. The second-order valence-electron chi connectivity index (χ2n) is 6.58. The summed E-state index contributed by atoms with van der Waals surface area (Å²) in [5.41, 5.74) is 3.61. The van der Waals surface area contributed by atoms with E-state index < -0.39 is 0 Å². The molecular formula is C20H22N4O2S. The molecular weight excluding hydrogens is 360 g/mol. The number of amides is 1. The molecule has 0 aliphatic carbocycles. The summed E-state index contributed by atoms with van der Waals surface area (Å²) in [4.78, 5) is 14.5. The molecule has 0 spiro atoms. The average Bonchev–Trinajstić information content (AvgIpc) is 3.38. The minimum absolute atomic E-state index is 0.00979. The normalized spacial score (nSPS) is 13.4. The molecule has 7 heteroatoms. The van der Waals surface area contributed by atoms with Gasteiger partial charge in [0.25, 0.3) is 0 Å². The topological polar surface area (TPSA) is 71.3 Å². The molecule has 1 aliphatic heterocycles. The molecule has 1 N–H and O–H groups in total. The Kier molecular flexibility index (Phi) is 5.48. The molecule has 0 unspecified atom stereocenters. The third-order valence-electron chi connectivity index (χ3n) is 4.71. The molecule has 1 aromatic carbocycles. The standard InChI is InChI=1S/C20H22N4O2S/c25-18(7-8-19-22-23-20(26-19)16-9-13-27-14-16)21-10-12-24-11-3-5-15-4-1-2-6-17(15)24/h1-2,4,6,9,13-14H,3,5,7-8,10-12H2,(H,21,25). The molecule has 3 aromatic rings. The summed E-state index contributed by atoms with van der Waals surface area (Å²) in [6, 6.07) is 10.5. The minimum Gasteiger partial charge on any atom is -0.421 e. The average molecular weight is 382 g/mol. The van der Waals surface area contributed by atoms with Crippen LogP contribution in [0.2, 0.25) is 0 Å². The van der Waals surface area contributed by atoms with Crippen molar-refractivity contribution in [3.63, 3.8) is 0 Å². The number of rotatable bonds is 7. The predicted octanol–water partition coefficient (Wildman–Crippen LogP) is 3.30. The highest BCUT2D eigenvalue weighted by atomic mass is 32.1. The fourth-order valence-corrected chi connectivity index (χ4v) is 3.97. The molecule has 2 aromatic heterocycles. The van der Waals surface area contributed by atoms with Crippen molar-refractivity contribution in [3.05, 3.63) is 52.5 Å². The number of aryl methyl sites for hydroxylation is 2. The van der Waals surface area contributed by atoms with Gasteiger partial charge in [-0.2, -0.15) is 11.3 Å². The largest absolute Gasteiger partial charge is 0.421 e. The quantitative estimate of drug-likeness (QED) is 0.679. The number of para-hydroxylation sites is 1. The maximum atomic E-state index is 12.1. The van der Waals surface area contributed by atoms with E-state index in [1.807, 2.05) is 16.8 Å². The molecule has 1 amide bonds. The second kappa shape index (κ2) is 8.35. The molecule has 0 atom stereocenters. The SMILES string of the molecule is O=C(CCc1nnc(-c2ccsc2)o1)NCCN1CCCc2ccccc21.